The maximum Gasteiger partial charge on any atom is 0.209 e. The van der Waals surface area contributed by atoms with E-state index in [2.05, 4.69) is 31.2 Å². The summed E-state index contributed by atoms with van der Waals surface area (Å²) < 4.78 is 0. The molecule has 1 aromatic rings. The number of carbonyl (C=O) groups excluding carboxylic acids is 1. The molecule has 2 heteroatoms. The Morgan fingerprint density at radius 2 is 2.00 bits per heavy atom. The van der Waals surface area contributed by atoms with Gasteiger partial charge in [-0.3, -0.25) is 4.79 Å². The normalized spacial score (nSPS) is 12.1. The quantitative estimate of drug-likeness (QED) is 0.654. The van der Waals surface area contributed by atoms with E-state index in [0.29, 0.717) is 5.92 Å². The monoisotopic (exact) mass is 205 g/mol. The summed E-state index contributed by atoms with van der Waals surface area (Å²) in [5.74, 6) is 0.575. The van der Waals surface area contributed by atoms with Crippen molar-refractivity contribution in [3.63, 3.8) is 0 Å². The van der Waals surface area contributed by atoms with Crippen LogP contribution in [-0.2, 0) is 4.79 Å². The van der Waals surface area contributed by atoms with Gasteiger partial charge in [0.1, 0.15) is 0 Å². The van der Waals surface area contributed by atoms with Crippen LogP contribution in [0, 0.1) is 0 Å². The second kappa shape index (κ2) is 6.23. The van der Waals surface area contributed by atoms with Crippen LogP contribution >= 0.6 is 0 Å². The fraction of sp³-hybridized carbons (Fsp3) is 0.462. The average Bonchev–Trinajstić information content (AvgIpc) is 2.29. The standard InChI is InChI=1S/C13H19NO/c1-12(7-6-10-14(2)11-15)13-8-4-3-5-9-13/h3-5,8-9,11-12H,6-7,10H2,1-2H3. The molecule has 0 aliphatic carbocycles. The van der Waals surface area contributed by atoms with Gasteiger partial charge >= 0.3 is 0 Å². The summed E-state index contributed by atoms with van der Waals surface area (Å²) in [6.07, 6.45) is 3.07. The molecule has 0 heterocycles. The second-order valence-electron chi connectivity index (χ2n) is 4.04. The van der Waals surface area contributed by atoms with Crippen LogP contribution in [0.25, 0.3) is 0 Å². The molecule has 15 heavy (non-hydrogen) atoms. The maximum absolute atomic E-state index is 10.4. The molecule has 0 bridgehead atoms. The van der Waals surface area contributed by atoms with Gasteiger partial charge < -0.3 is 4.90 Å². The number of hydrogen-bond donors (Lipinski definition) is 0. The first-order chi connectivity index (χ1) is 7.24. The minimum absolute atomic E-state index is 0.575. The topological polar surface area (TPSA) is 20.3 Å². The predicted molar refractivity (Wildman–Crippen MR) is 62.8 cm³/mol. The Bertz CT molecular complexity index is 284. The molecule has 1 amide bonds. The average molecular weight is 205 g/mol. The fourth-order valence-electron chi connectivity index (χ4n) is 1.65. The highest BCUT2D eigenvalue weighted by Crippen LogP contribution is 2.19. The molecule has 1 aromatic carbocycles. The molecule has 82 valence electrons. The molecule has 0 saturated heterocycles. The Morgan fingerprint density at radius 1 is 1.33 bits per heavy atom. The van der Waals surface area contributed by atoms with Crippen molar-refractivity contribution in [2.24, 2.45) is 0 Å². The molecular weight excluding hydrogens is 186 g/mol. The SMILES string of the molecule is CC(CCCN(C)C=O)c1ccccc1. The maximum atomic E-state index is 10.4. The Balaban J connectivity index is 2.31. The number of amides is 1. The molecule has 0 radical (unpaired) electrons. The molecule has 0 N–H and O–H groups in total. The van der Waals surface area contributed by atoms with Crippen molar-refractivity contribution in [2.75, 3.05) is 13.6 Å². The number of rotatable bonds is 6. The van der Waals surface area contributed by atoms with Crippen molar-refractivity contribution in [3.8, 4) is 0 Å². The molecule has 1 rings (SSSR count). The van der Waals surface area contributed by atoms with Gasteiger partial charge in [0, 0.05) is 13.6 Å². The van der Waals surface area contributed by atoms with Gasteiger partial charge in [-0.05, 0) is 24.3 Å². The summed E-state index contributed by atoms with van der Waals surface area (Å²) >= 11 is 0. The highest BCUT2D eigenvalue weighted by molar-refractivity contribution is 5.46. The molecule has 0 aromatic heterocycles. The summed E-state index contributed by atoms with van der Waals surface area (Å²) in [5.41, 5.74) is 1.38. The van der Waals surface area contributed by atoms with Crippen LogP contribution in [0.15, 0.2) is 30.3 Å². The number of carbonyl (C=O) groups is 1. The largest absolute Gasteiger partial charge is 0.348 e. The van der Waals surface area contributed by atoms with Crippen molar-refractivity contribution < 1.29 is 4.79 Å². The van der Waals surface area contributed by atoms with Crippen molar-refractivity contribution >= 4 is 6.41 Å². The van der Waals surface area contributed by atoms with E-state index in [9.17, 15) is 4.79 Å². The van der Waals surface area contributed by atoms with E-state index in [1.54, 1.807) is 4.90 Å². The predicted octanol–water partition coefficient (Wildman–Crippen LogP) is 2.66. The Hall–Kier alpha value is -1.31. The number of hydrogen-bond acceptors (Lipinski definition) is 1. The van der Waals surface area contributed by atoms with Crippen LogP contribution in [-0.4, -0.2) is 24.9 Å². The van der Waals surface area contributed by atoms with E-state index in [1.807, 2.05) is 13.1 Å². The zero-order valence-electron chi connectivity index (χ0n) is 9.52. The van der Waals surface area contributed by atoms with Gasteiger partial charge in [-0.1, -0.05) is 37.3 Å². The molecular formula is C13H19NO. The first-order valence-electron chi connectivity index (χ1n) is 5.44. The lowest BCUT2D eigenvalue weighted by Crippen LogP contribution is -2.17. The highest BCUT2D eigenvalue weighted by Gasteiger charge is 2.04. The minimum Gasteiger partial charge on any atom is -0.348 e. The number of nitrogens with zero attached hydrogens (tertiary/aromatic N) is 1. The van der Waals surface area contributed by atoms with E-state index >= 15 is 0 Å². The Morgan fingerprint density at radius 3 is 2.60 bits per heavy atom. The van der Waals surface area contributed by atoms with Crippen molar-refractivity contribution in [3.05, 3.63) is 35.9 Å². The summed E-state index contributed by atoms with van der Waals surface area (Å²) in [6, 6.07) is 10.5. The molecule has 0 saturated carbocycles. The van der Waals surface area contributed by atoms with E-state index in [4.69, 9.17) is 0 Å². The molecule has 0 aliphatic heterocycles. The molecule has 1 atom stereocenters. The lowest BCUT2D eigenvalue weighted by atomic mass is 9.96. The Labute approximate surface area is 91.9 Å². The molecule has 0 spiro atoms. The van der Waals surface area contributed by atoms with Crippen LogP contribution in [0.2, 0.25) is 0 Å². The molecule has 2 nitrogen and oxygen atoms in total. The van der Waals surface area contributed by atoms with Crippen LogP contribution in [0.3, 0.4) is 0 Å². The van der Waals surface area contributed by atoms with Gasteiger partial charge in [0.15, 0.2) is 0 Å². The third-order valence-corrected chi connectivity index (χ3v) is 2.70. The lowest BCUT2D eigenvalue weighted by Gasteiger charge is -2.14. The van der Waals surface area contributed by atoms with Crippen molar-refractivity contribution in [1.29, 1.82) is 0 Å². The first kappa shape index (κ1) is 11.8. The minimum atomic E-state index is 0.575. The van der Waals surface area contributed by atoms with Crippen molar-refractivity contribution in [1.82, 2.24) is 4.90 Å². The summed E-state index contributed by atoms with van der Waals surface area (Å²) in [6.45, 7) is 3.08. The van der Waals surface area contributed by atoms with Crippen LogP contribution in [0.4, 0.5) is 0 Å². The van der Waals surface area contributed by atoms with Gasteiger partial charge in [-0.25, -0.2) is 0 Å². The summed E-state index contributed by atoms with van der Waals surface area (Å²) in [4.78, 5) is 12.1. The molecule has 0 aliphatic rings. The molecule has 0 fully saturated rings. The van der Waals surface area contributed by atoms with Gasteiger partial charge in [-0.2, -0.15) is 0 Å². The third-order valence-electron chi connectivity index (χ3n) is 2.70. The third kappa shape index (κ3) is 4.15. The Kier molecular flexibility index (Phi) is 4.88. The second-order valence-corrected chi connectivity index (χ2v) is 4.04. The van der Waals surface area contributed by atoms with Gasteiger partial charge in [0.25, 0.3) is 0 Å². The van der Waals surface area contributed by atoms with Crippen LogP contribution < -0.4 is 0 Å². The van der Waals surface area contributed by atoms with Gasteiger partial charge in [0.2, 0.25) is 6.41 Å². The first-order valence-corrected chi connectivity index (χ1v) is 5.44. The summed E-state index contributed by atoms with van der Waals surface area (Å²) in [5, 5.41) is 0. The van der Waals surface area contributed by atoms with Crippen LogP contribution in [0.5, 0.6) is 0 Å². The molecule has 1 unspecified atom stereocenters. The zero-order chi connectivity index (χ0) is 11.1. The summed E-state index contributed by atoms with van der Waals surface area (Å²) in [7, 11) is 1.82. The lowest BCUT2D eigenvalue weighted by molar-refractivity contribution is -0.117. The fourth-order valence-corrected chi connectivity index (χ4v) is 1.65. The zero-order valence-corrected chi connectivity index (χ0v) is 9.52. The van der Waals surface area contributed by atoms with E-state index in [-0.39, 0.29) is 0 Å². The highest BCUT2D eigenvalue weighted by atomic mass is 16.1. The van der Waals surface area contributed by atoms with E-state index in [0.717, 1.165) is 25.8 Å². The number of benzene rings is 1. The van der Waals surface area contributed by atoms with Gasteiger partial charge in [0.05, 0.1) is 0 Å². The van der Waals surface area contributed by atoms with Crippen molar-refractivity contribution in [2.45, 2.75) is 25.7 Å². The van der Waals surface area contributed by atoms with E-state index in [1.165, 1.54) is 5.56 Å². The van der Waals surface area contributed by atoms with E-state index < -0.39 is 0 Å². The smallest absolute Gasteiger partial charge is 0.209 e. The van der Waals surface area contributed by atoms with Crippen LogP contribution in [0.1, 0.15) is 31.2 Å². The van der Waals surface area contributed by atoms with Gasteiger partial charge in [-0.15, -0.1) is 0 Å².